The number of hydrogen-bond donors (Lipinski definition) is 2. The molecule has 4 aliphatic rings. The monoisotopic (exact) mass is 384 g/mol. The molecule has 1 unspecified atom stereocenters. The van der Waals surface area contributed by atoms with E-state index in [9.17, 15) is 0 Å². The van der Waals surface area contributed by atoms with Gasteiger partial charge >= 0.3 is 0 Å². The average molecular weight is 385 g/mol. The Morgan fingerprint density at radius 1 is 1.12 bits per heavy atom. The molecule has 6 nitrogen and oxygen atoms in total. The van der Waals surface area contributed by atoms with Crippen molar-refractivity contribution in [2.75, 3.05) is 66.7 Å². The largest absolute Gasteiger partial charge is 0.383 e. The van der Waals surface area contributed by atoms with Gasteiger partial charge in [0.25, 0.3) is 0 Å². The van der Waals surface area contributed by atoms with Gasteiger partial charge in [-0.2, -0.15) is 0 Å². The van der Waals surface area contributed by atoms with E-state index in [0.717, 1.165) is 36.6 Å². The Bertz CT molecular complexity index is 453. The molecular formula is C19H36N4O2S. The van der Waals surface area contributed by atoms with Gasteiger partial charge < -0.3 is 20.1 Å². The highest BCUT2D eigenvalue weighted by Gasteiger charge is 2.41. The summed E-state index contributed by atoms with van der Waals surface area (Å²) in [6.45, 7) is 8.30. The summed E-state index contributed by atoms with van der Waals surface area (Å²) in [5, 5.41) is 7.35. The van der Waals surface area contributed by atoms with Crippen LogP contribution in [0, 0.1) is 11.8 Å². The summed E-state index contributed by atoms with van der Waals surface area (Å²) in [5.41, 5.74) is 0. The van der Waals surface area contributed by atoms with Gasteiger partial charge in [-0.15, -0.1) is 0 Å². The van der Waals surface area contributed by atoms with Gasteiger partial charge in [0.15, 0.2) is 5.11 Å². The normalized spacial score (nSPS) is 34.2. The molecule has 0 amide bonds. The minimum Gasteiger partial charge on any atom is -0.383 e. The van der Waals surface area contributed by atoms with E-state index in [1.165, 1.54) is 51.9 Å². The van der Waals surface area contributed by atoms with Crippen LogP contribution in [0.1, 0.15) is 25.7 Å². The molecule has 0 saturated carbocycles. The molecule has 4 fully saturated rings. The molecule has 0 aliphatic carbocycles. The Labute approximate surface area is 163 Å². The van der Waals surface area contributed by atoms with Gasteiger partial charge in [-0.05, 0) is 62.8 Å². The van der Waals surface area contributed by atoms with Crippen LogP contribution in [0.5, 0.6) is 0 Å². The smallest absolute Gasteiger partial charge is 0.166 e. The summed E-state index contributed by atoms with van der Waals surface area (Å²) >= 11 is 5.36. The number of hydrogen-bond acceptors (Lipinski definition) is 5. The third kappa shape index (κ3) is 5.29. The fourth-order valence-corrected chi connectivity index (χ4v) is 5.21. The van der Waals surface area contributed by atoms with Crippen molar-refractivity contribution in [1.82, 2.24) is 20.4 Å². The first-order valence-electron chi connectivity index (χ1n) is 10.2. The van der Waals surface area contributed by atoms with Crippen LogP contribution in [0.4, 0.5) is 0 Å². The molecule has 26 heavy (non-hydrogen) atoms. The lowest BCUT2D eigenvalue weighted by Crippen LogP contribution is -2.59. The maximum Gasteiger partial charge on any atom is 0.166 e. The molecule has 5 atom stereocenters. The van der Waals surface area contributed by atoms with Crippen molar-refractivity contribution in [2.24, 2.45) is 11.8 Å². The van der Waals surface area contributed by atoms with E-state index in [0.29, 0.717) is 18.7 Å². The summed E-state index contributed by atoms with van der Waals surface area (Å²) < 4.78 is 10.5. The zero-order valence-electron chi connectivity index (χ0n) is 16.4. The van der Waals surface area contributed by atoms with Gasteiger partial charge in [0.05, 0.1) is 13.2 Å². The molecule has 0 spiro atoms. The second-order valence-electron chi connectivity index (χ2n) is 8.07. The first kappa shape index (κ1) is 20.3. The quantitative estimate of drug-likeness (QED) is 0.453. The van der Waals surface area contributed by atoms with E-state index in [-0.39, 0.29) is 0 Å². The number of thiocarbonyl (C=S) groups is 1. The van der Waals surface area contributed by atoms with Crippen LogP contribution in [-0.2, 0) is 9.47 Å². The number of likely N-dealkylation sites (tertiary alicyclic amines) is 1. The zero-order chi connectivity index (χ0) is 18.4. The molecule has 0 aromatic carbocycles. The predicted octanol–water partition coefficient (Wildman–Crippen LogP) is 0.918. The molecule has 4 saturated heterocycles. The second-order valence-corrected chi connectivity index (χ2v) is 8.48. The Morgan fingerprint density at radius 3 is 2.73 bits per heavy atom. The number of rotatable bonds is 9. The predicted molar refractivity (Wildman–Crippen MR) is 109 cm³/mol. The van der Waals surface area contributed by atoms with Gasteiger partial charge in [-0.1, -0.05) is 0 Å². The minimum atomic E-state index is 0.625. The Kier molecular flexibility index (Phi) is 7.93. The van der Waals surface area contributed by atoms with Gasteiger partial charge in [0, 0.05) is 52.5 Å². The maximum absolute atomic E-state index is 5.43. The molecular weight excluding hydrogens is 348 g/mol. The summed E-state index contributed by atoms with van der Waals surface area (Å²) in [6.07, 6.45) is 5.30. The van der Waals surface area contributed by atoms with Crippen molar-refractivity contribution in [1.29, 1.82) is 0 Å². The lowest BCUT2D eigenvalue weighted by Gasteiger charge is -2.51. The van der Waals surface area contributed by atoms with Crippen molar-refractivity contribution in [2.45, 2.75) is 37.8 Å². The summed E-state index contributed by atoms with van der Waals surface area (Å²) in [6, 6.07) is 1.27. The first-order chi connectivity index (χ1) is 12.7. The number of fused-ring (bicyclic) bond motifs is 3. The fraction of sp³-hybridized carbons (Fsp3) is 0.947. The van der Waals surface area contributed by atoms with Gasteiger partial charge in [0.1, 0.15) is 0 Å². The van der Waals surface area contributed by atoms with Crippen molar-refractivity contribution >= 4 is 17.3 Å². The lowest BCUT2D eigenvalue weighted by molar-refractivity contribution is -0.0158. The maximum atomic E-state index is 5.43. The van der Waals surface area contributed by atoms with Crippen molar-refractivity contribution in [3.63, 3.8) is 0 Å². The van der Waals surface area contributed by atoms with E-state index in [4.69, 9.17) is 21.7 Å². The molecule has 4 rings (SSSR count). The number of ether oxygens (including phenoxy) is 2. The number of nitrogens with zero attached hydrogens (tertiary/aromatic N) is 2. The van der Waals surface area contributed by atoms with E-state index >= 15 is 0 Å². The summed E-state index contributed by atoms with van der Waals surface area (Å²) in [4.78, 5) is 5.38. The standard InChI is InChI=1S/C19H36N4O2S/c1-24-9-6-20-19(26)21-11-18-10-15-5-8-23(18)13-16(15)12-22-7-3-4-17(22)14-25-2/h15-18H,3-14H2,1-2H3,(H2,20,21,26)/t15-,16-,17+,18+/m0/s1. The summed E-state index contributed by atoms with van der Waals surface area (Å²) in [5.74, 6) is 1.69. The Morgan fingerprint density at radius 2 is 2.00 bits per heavy atom. The number of nitrogens with one attached hydrogen (secondary N) is 2. The van der Waals surface area contributed by atoms with Crippen molar-refractivity contribution in [3.05, 3.63) is 0 Å². The van der Waals surface area contributed by atoms with Crippen LogP contribution in [0.2, 0.25) is 0 Å². The highest BCUT2D eigenvalue weighted by atomic mass is 32.1. The Hall–Kier alpha value is -0.470. The molecule has 150 valence electrons. The second kappa shape index (κ2) is 10.2. The van der Waals surface area contributed by atoms with Gasteiger partial charge in [-0.25, -0.2) is 0 Å². The van der Waals surface area contributed by atoms with Crippen molar-refractivity contribution in [3.8, 4) is 0 Å². The van der Waals surface area contributed by atoms with E-state index in [1.54, 1.807) is 7.11 Å². The van der Waals surface area contributed by atoms with Crippen LogP contribution in [0.25, 0.3) is 0 Å². The fourth-order valence-electron chi connectivity index (χ4n) is 5.03. The van der Waals surface area contributed by atoms with E-state index < -0.39 is 0 Å². The number of methoxy groups -OCH3 is 2. The van der Waals surface area contributed by atoms with Gasteiger partial charge in [0.2, 0.25) is 0 Å². The molecule has 2 bridgehead atoms. The lowest BCUT2D eigenvalue weighted by atomic mass is 9.75. The third-order valence-electron chi connectivity index (χ3n) is 6.43. The molecule has 2 N–H and O–H groups in total. The van der Waals surface area contributed by atoms with E-state index in [1.807, 2.05) is 7.11 Å². The topological polar surface area (TPSA) is 49.0 Å². The SMILES string of the molecule is COCCNC(=S)NC[C@H]1C[C@@H]2CCN1C[C@@H]2CN1CCC[C@@H]1COC. The van der Waals surface area contributed by atoms with Crippen LogP contribution < -0.4 is 10.6 Å². The number of piperidine rings is 3. The summed E-state index contributed by atoms with van der Waals surface area (Å²) in [7, 11) is 3.54. The van der Waals surface area contributed by atoms with Crippen LogP contribution in [0.3, 0.4) is 0 Å². The molecule has 7 heteroatoms. The van der Waals surface area contributed by atoms with Crippen molar-refractivity contribution < 1.29 is 9.47 Å². The van der Waals surface area contributed by atoms with E-state index in [2.05, 4.69) is 20.4 Å². The Balaban J connectivity index is 1.42. The molecule has 0 radical (unpaired) electrons. The van der Waals surface area contributed by atoms with Crippen LogP contribution in [0.15, 0.2) is 0 Å². The first-order valence-corrected chi connectivity index (χ1v) is 10.6. The molecule has 0 aromatic heterocycles. The minimum absolute atomic E-state index is 0.625. The average Bonchev–Trinajstić information content (AvgIpc) is 3.08. The zero-order valence-corrected chi connectivity index (χ0v) is 17.2. The molecule has 4 aliphatic heterocycles. The molecule has 0 aromatic rings. The third-order valence-corrected chi connectivity index (χ3v) is 6.72. The highest BCUT2D eigenvalue weighted by Crippen LogP contribution is 2.37. The van der Waals surface area contributed by atoms with Gasteiger partial charge in [-0.3, -0.25) is 9.80 Å². The highest BCUT2D eigenvalue weighted by molar-refractivity contribution is 7.80. The molecule has 4 heterocycles. The van der Waals surface area contributed by atoms with Crippen LogP contribution in [-0.4, -0.2) is 93.7 Å². The van der Waals surface area contributed by atoms with Crippen LogP contribution >= 0.6 is 12.2 Å².